The maximum absolute atomic E-state index is 3.82. The third-order valence-corrected chi connectivity index (χ3v) is 33.4. The summed E-state index contributed by atoms with van der Waals surface area (Å²) in [5.74, 6) is 22.0. The van der Waals surface area contributed by atoms with Crippen molar-refractivity contribution < 1.29 is 0 Å². The Kier molecular flexibility index (Phi) is 15.8. The van der Waals surface area contributed by atoms with Gasteiger partial charge in [-0.25, -0.2) is 0 Å². The molecule has 16 aliphatic rings. The van der Waals surface area contributed by atoms with Gasteiger partial charge >= 0.3 is 0 Å². The standard InChI is InChI=1S/C75H123BN2S/c1-75(2,3)58-42-55-32-30-53-40-57(41-54-31-33-56(43-58)72(55)71(53)54)52-35-37-69-64(45-52)76-63-44-51(48-18-7-4-8-19-48)34-36-67(63)78(74-59(49-20-9-5-10-21-49)26-17-27-60(74)50-22-11-6-12-23-50)68-38-47(39-70(79-69)73(68)76)46-77-65-28-15-13-24-61(65)62-25-14-16-29-66(62)77/h47-74H,4-46H2,1-3H3/t47?,51?,52-,53?,54?,55-,56+,57?,58?,59?,60?,61-,62?,63+,64?,65?,66+,67?,68?,69+,70?,71?,72?,73?,74?/m0/s1. The van der Waals surface area contributed by atoms with Crippen LogP contribution in [0.25, 0.3) is 0 Å². The molecule has 0 amide bonds. The highest BCUT2D eigenvalue weighted by Gasteiger charge is 2.66. The van der Waals surface area contributed by atoms with Gasteiger partial charge in [0.2, 0.25) is 0 Å². The van der Waals surface area contributed by atoms with Gasteiger partial charge in [-0.05, 0) is 258 Å². The second-order valence-electron chi connectivity index (χ2n) is 35.5. The highest BCUT2D eigenvalue weighted by Crippen LogP contribution is 2.70. The molecule has 16 fully saturated rings. The zero-order valence-electron chi connectivity index (χ0n) is 52.0. The van der Waals surface area contributed by atoms with E-state index in [9.17, 15) is 0 Å². The zero-order valence-corrected chi connectivity index (χ0v) is 52.8. The number of thioether (sulfide) groups is 1. The quantitative estimate of drug-likeness (QED) is 0.235. The summed E-state index contributed by atoms with van der Waals surface area (Å²) in [6.45, 7) is 10.4. The molecule has 13 aliphatic carbocycles. The van der Waals surface area contributed by atoms with Gasteiger partial charge in [-0.2, -0.15) is 11.8 Å². The van der Waals surface area contributed by atoms with Crippen LogP contribution in [0.4, 0.5) is 0 Å². The second-order valence-corrected chi connectivity index (χ2v) is 37.0. The lowest BCUT2D eigenvalue weighted by atomic mass is 9.20. The maximum Gasteiger partial charge on any atom is 0.155 e. The van der Waals surface area contributed by atoms with Gasteiger partial charge in [0, 0.05) is 47.3 Å². The van der Waals surface area contributed by atoms with Crippen LogP contribution in [0.1, 0.15) is 290 Å². The van der Waals surface area contributed by atoms with Gasteiger partial charge in [0.25, 0.3) is 0 Å². The fraction of sp³-hybridized carbons (Fsp3) is 1.00. The van der Waals surface area contributed by atoms with E-state index < -0.39 is 0 Å². The zero-order chi connectivity index (χ0) is 52.5. The Morgan fingerprint density at radius 2 is 0.848 bits per heavy atom. The minimum absolute atomic E-state index is 0.507. The molecule has 3 aliphatic heterocycles. The number of fused-ring (bicyclic) bond motifs is 7. The van der Waals surface area contributed by atoms with Crippen molar-refractivity contribution in [2.24, 2.45) is 112 Å². The van der Waals surface area contributed by atoms with E-state index in [2.05, 4.69) is 42.3 Å². The minimum atomic E-state index is 0.507. The van der Waals surface area contributed by atoms with Gasteiger partial charge in [-0.15, -0.1) is 0 Å². The molecule has 0 aromatic carbocycles. The number of likely N-dealkylation sites (tertiary alicyclic amines) is 1. The smallest absolute Gasteiger partial charge is 0.155 e. The van der Waals surface area contributed by atoms with E-state index in [4.69, 9.17) is 0 Å². The topological polar surface area (TPSA) is 6.48 Å². The molecular weight excluding hydrogens is 972 g/mol. The van der Waals surface area contributed by atoms with Crippen LogP contribution in [0.3, 0.4) is 0 Å². The highest BCUT2D eigenvalue weighted by atomic mass is 32.2. The van der Waals surface area contributed by atoms with Crippen LogP contribution >= 0.6 is 11.8 Å². The van der Waals surface area contributed by atoms with Crippen molar-refractivity contribution in [3.63, 3.8) is 0 Å². The molecule has 2 nitrogen and oxygen atoms in total. The molecule has 4 heteroatoms. The fourth-order valence-electron chi connectivity index (χ4n) is 28.8. The molecule has 79 heavy (non-hydrogen) atoms. The molecule has 3 heterocycles. The maximum atomic E-state index is 3.82. The van der Waals surface area contributed by atoms with Crippen LogP contribution in [0.5, 0.6) is 0 Å². The van der Waals surface area contributed by atoms with Crippen molar-refractivity contribution in [2.75, 3.05) is 6.54 Å². The van der Waals surface area contributed by atoms with Crippen molar-refractivity contribution >= 4 is 18.5 Å². The van der Waals surface area contributed by atoms with Crippen molar-refractivity contribution in [2.45, 2.75) is 349 Å². The Morgan fingerprint density at radius 3 is 1.44 bits per heavy atom. The second kappa shape index (κ2) is 22.8. The molecule has 16 rings (SSSR count). The largest absolute Gasteiger partial charge is 0.297 e. The lowest BCUT2D eigenvalue weighted by molar-refractivity contribution is -0.116. The summed E-state index contributed by atoms with van der Waals surface area (Å²) in [4.78, 5) is 7.21. The van der Waals surface area contributed by atoms with Crippen molar-refractivity contribution in [3.05, 3.63) is 0 Å². The SMILES string of the molecule is CC(C)(C)C1C[C@H]2CCC3CC([C@H]4CC[C@H]5SC6CC(CN7C8CCCC[C@H]8C8CCCC[C@H]87)CC7C6B(C5C4)[C@@H]4CC(C5CCCCC5)CCC4N7C4C(C5CCCCC5)CCCC4C4CCCCC4)CC4CC[C@@H](C1)C2C34. The van der Waals surface area contributed by atoms with E-state index in [0.717, 1.165) is 171 Å². The molecule has 17 unspecified atom stereocenters. The molecule has 0 spiro atoms. The molecule has 0 aromatic rings. The number of hydrogen-bond acceptors (Lipinski definition) is 3. The van der Waals surface area contributed by atoms with Crippen LogP contribution in [0, 0.1) is 112 Å². The lowest BCUT2D eigenvalue weighted by Crippen LogP contribution is -2.71. The van der Waals surface area contributed by atoms with Crippen LogP contribution in [0.2, 0.25) is 17.5 Å². The van der Waals surface area contributed by atoms with Gasteiger partial charge < -0.3 is 0 Å². The Labute approximate surface area is 492 Å². The third kappa shape index (κ3) is 9.94. The van der Waals surface area contributed by atoms with Gasteiger partial charge in [-0.1, -0.05) is 162 Å². The molecular formula is C75H123BN2S. The molecule has 0 bridgehead atoms. The third-order valence-electron chi connectivity index (χ3n) is 31.6. The average Bonchev–Trinajstić information content (AvgIpc) is 4.02. The van der Waals surface area contributed by atoms with E-state index in [1.165, 1.54) is 38.6 Å². The van der Waals surface area contributed by atoms with Gasteiger partial charge in [0.05, 0.1) is 0 Å². The first kappa shape index (κ1) is 54.7. The number of rotatable bonds is 7. The monoisotopic (exact) mass is 1090 g/mol. The summed E-state index contributed by atoms with van der Waals surface area (Å²) in [5.41, 5.74) is 0.507. The first-order valence-corrected chi connectivity index (χ1v) is 38.9. The molecule has 0 radical (unpaired) electrons. The summed E-state index contributed by atoms with van der Waals surface area (Å²) < 4.78 is 0. The van der Waals surface area contributed by atoms with E-state index in [0.29, 0.717) is 5.41 Å². The summed E-state index contributed by atoms with van der Waals surface area (Å²) >= 11 is 2.79. The predicted molar refractivity (Wildman–Crippen MR) is 336 cm³/mol. The van der Waals surface area contributed by atoms with Crippen molar-refractivity contribution in [1.82, 2.24) is 9.80 Å². The van der Waals surface area contributed by atoms with E-state index in [1.807, 2.05) is 0 Å². The van der Waals surface area contributed by atoms with Gasteiger partial charge in [-0.3, -0.25) is 9.80 Å². The molecule has 442 valence electrons. The first-order chi connectivity index (χ1) is 38.8. The lowest BCUT2D eigenvalue weighted by Gasteiger charge is -2.68. The first-order valence-electron chi connectivity index (χ1n) is 38.0. The number of nitrogens with zero attached hydrogens (tertiary/aromatic N) is 2. The van der Waals surface area contributed by atoms with E-state index >= 15 is 0 Å². The Bertz CT molecular complexity index is 1970. The van der Waals surface area contributed by atoms with Crippen LogP contribution in [-0.2, 0) is 0 Å². The highest BCUT2D eigenvalue weighted by molar-refractivity contribution is 8.00. The molecule has 0 N–H and O–H groups in total. The van der Waals surface area contributed by atoms with Crippen LogP contribution in [0.15, 0.2) is 0 Å². The Morgan fingerprint density at radius 1 is 0.354 bits per heavy atom. The molecule has 24 atom stereocenters. The van der Waals surface area contributed by atoms with Crippen molar-refractivity contribution in [1.29, 1.82) is 0 Å². The van der Waals surface area contributed by atoms with Crippen LogP contribution in [-0.4, -0.2) is 63.8 Å². The number of hydrogen-bond donors (Lipinski definition) is 0. The van der Waals surface area contributed by atoms with Crippen LogP contribution < -0.4 is 0 Å². The predicted octanol–water partition coefficient (Wildman–Crippen LogP) is 20.2. The summed E-state index contributed by atoms with van der Waals surface area (Å²) in [7, 11) is 0. The Balaban J connectivity index is 0.751. The Hall–Kier alpha value is 0.335. The van der Waals surface area contributed by atoms with Gasteiger partial charge in [0.15, 0.2) is 6.71 Å². The van der Waals surface area contributed by atoms with E-state index in [1.54, 1.807) is 238 Å². The van der Waals surface area contributed by atoms with Gasteiger partial charge in [0.1, 0.15) is 0 Å². The normalized spacial score (nSPS) is 52.0. The average molecular weight is 1100 g/mol. The van der Waals surface area contributed by atoms with E-state index in [-0.39, 0.29) is 0 Å². The molecule has 3 saturated heterocycles. The summed E-state index contributed by atoms with van der Waals surface area (Å²) in [5, 5.41) is 1.94. The van der Waals surface area contributed by atoms with Crippen molar-refractivity contribution in [3.8, 4) is 0 Å². The summed E-state index contributed by atoms with van der Waals surface area (Å²) in [6, 6.07) is 4.63. The fourth-order valence-corrected chi connectivity index (χ4v) is 31.0. The molecule has 0 aromatic heterocycles. The minimum Gasteiger partial charge on any atom is -0.297 e. The summed E-state index contributed by atoms with van der Waals surface area (Å²) in [6.07, 6.45) is 66.8. The molecule has 13 saturated carbocycles.